The fourth-order valence-electron chi connectivity index (χ4n) is 3.68. The van der Waals surface area contributed by atoms with Crippen LogP contribution in [0, 0.1) is 0 Å². The Morgan fingerprint density at radius 1 is 1.30 bits per heavy atom. The molecule has 7 nitrogen and oxygen atoms in total. The third-order valence-electron chi connectivity index (χ3n) is 5.05. The van der Waals surface area contributed by atoms with Crippen molar-refractivity contribution >= 4 is 41.1 Å². The normalized spacial score (nSPS) is 22.5. The van der Waals surface area contributed by atoms with Gasteiger partial charge < -0.3 is 5.32 Å². The molecule has 2 N–H and O–H groups in total. The number of aryl methyl sites for hydroxylation is 1. The van der Waals surface area contributed by atoms with E-state index in [1.54, 1.807) is 29.9 Å². The van der Waals surface area contributed by atoms with E-state index in [0.29, 0.717) is 35.2 Å². The lowest BCUT2D eigenvalue weighted by atomic mass is 9.86. The number of rotatable bonds is 2. The number of nitrogens with one attached hydrogen (secondary N) is 2. The first kappa shape index (κ1) is 19.5. The zero-order valence-electron chi connectivity index (χ0n) is 14.7. The highest BCUT2D eigenvalue weighted by atomic mass is 35.5. The van der Waals surface area contributed by atoms with Crippen LogP contribution in [0.25, 0.3) is 10.9 Å². The number of fused-ring (bicyclic) bond motifs is 1. The fourth-order valence-corrected chi connectivity index (χ4v) is 3.68. The number of halogens is 3. The van der Waals surface area contributed by atoms with Gasteiger partial charge in [-0.15, -0.1) is 12.4 Å². The summed E-state index contributed by atoms with van der Waals surface area (Å²) in [5.74, 6) is -3.54. The molecule has 2 aliphatic rings. The SMILES string of the molecule is Cl.Cn1nc(N2CCC(=O)NC2=O)c2ccc([C@H]3CCNCC3(F)F)cc21. The van der Waals surface area contributed by atoms with Crippen molar-refractivity contribution < 1.29 is 18.4 Å². The molecule has 1 aromatic carbocycles. The van der Waals surface area contributed by atoms with Gasteiger partial charge in [0.2, 0.25) is 5.91 Å². The summed E-state index contributed by atoms with van der Waals surface area (Å²) in [5, 5.41) is 10.1. The Morgan fingerprint density at radius 3 is 2.78 bits per heavy atom. The number of carbonyl (C=O) groups excluding carboxylic acids is 2. The molecule has 27 heavy (non-hydrogen) atoms. The molecule has 0 unspecified atom stereocenters. The van der Waals surface area contributed by atoms with E-state index in [2.05, 4.69) is 15.7 Å². The summed E-state index contributed by atoms with van der Waals surface area (Å²) in [6, 6.07) is 4.62. The summed E-state index contributed by atoms with van der Waals surface area (Å²) in [5.41, 5.74) is 1.24. The van der Waals surface area contributed by atoms with Gasteiger partial charge in [0.05, 0.1) is 18.0 Å². The van der Waals surface area contributed by atoms with Crippen LogP contribution in [0.5, 0.6) is 0 Å². The van der Waals surface area contributed by atoms with Crippen molar-refractivity contribution in [3.8, 4) is 0 Å². The Bertz CT molecular complexity index is 901. The number of urea groups is 1. The van der Waals surface area contributed by atoms with Gasteiger partial charge in [-0.05, 0) is 30.7 Å². The van der Waals surface area contributed by atoms with Gasteiger partial charge in [0.1, 0.15) is 0 Å². The molecule has 3 amide bonds. The molecule has 0 aliphatic carbocycles. The summed E-state index contributed by atoms with van der Waals surface area (Å²) in [7, 11) is 1.71. The molecule has 0 bridgehead atoms. The predicted molar refractivity (Wildman–Crippen MR) is 98.6 cm³/mol. The molecule has 0 spiro atoms. The lowest BCUT2D eigenvalue weighted by Gasteiger charge is -2.32. The van der Waals surface area contributed by atoms with E-state index in [9.17, 15) is 18.4 Å². The van der Waals surface area contributed by atoms with Gasteiger partial charge >= 0.3 is 6.03 Å². The highest BCUT2D eigenvalue weighted by molar-refractivity contribution is 6.08. The first-order chi connectivity index (χ1) is 12.4. The van der Waals surface area contributed by atoms with E-state index >= 15 is 0 Å². The Hall–Kier alpha value is -2.26. The largest absolute Gasteiger partial charge is 0.329 e. The molecular weight excluding hydrogens is 380 g/mol. The van der Waals surface area contributed by atoms with Crippen LogP contribution in [0.2, 0.25) is 0 Å². The van der Waals surface area contributed by atoms with Crippen molar-refractivity contribution in [1.29, 1.82) is 0 Å². The lowest BCUT2D eigenvalue weighted by Crippen LogP contribution is -2.49. The topological polar surface area (TPSA) is 79.3 Å². The molecule has 1 aromatic heterocycles. The van der Waals surface area contributed by atoms with Crippen molar-refractivity contribution in [3.63, 3.8) is 0 Å². The summed E-state index contributed by atoms with van der Waals surface area (Å²) in [6.07, 6.45) is 0.559. The van der Waals surface area contributed by atoms with Gasteiger partial charge in [0, 0.05) is 25.4 Å². The van der Waals surface area contributed by atoms with Gasteiger partial charge in [-0.25, -0.2) is 13.6 Å². The number of amides is 3. The first-order valence-electron chi connectivity index (χ1n) is 8.53. The van der Waals surface area contributed by atoms with Gasteiger partial charge in [-0.3, -0.25) is 19.7 Å². The van der Waals surface area contributed by atoms with Crippen molar-refractivity contribution in [2.24, 2.45) is 7.05 Å². The Balaban J connectivity index is 0.00000210. The number of benzene rings is 1. The Labute approximate surface area is 160 Å². The maximum Gasteiger partial charge on any atom is 0.329 e. The summed E-state index contributed by atoms with van der Waals surface area (Å²) in [6.45, 7) is 0.468. The number of hydrogen-bond donors (Lipinski definition) is 2. The second kappa shape index (κ2) is 7.05. The van der Waals surface area contributed by atoms with Crippen LogP contribution in [0.1, 0.15) is 24.3 Å². The zero-order valence-corrected chi connectivity index (χ0v) is 15.5. The van der Waals surface area contributed by atoms with E-state index in [0.717, 1.165) is 0 Å². The highest BCUT2D eigenvalue weighted by Gasteiger charge is 2.42. The second-order valence-corrected chi connectivity index (χ2v) is 6.76. The van der Waals surface area contributed by atoms with Crippen molar-refractivity contribution in [2.75, 3.05) is 24.5 Å². The van der Waals surface area contributed by atoms with Crippen LogP contribution in [0.3, 0.4) is 0 Å². The number of hydrogen-bond acceptors (Lipinski definition) is 4. The number of imide groups is 1. The minimum Gasteiger partial charge on any atom is -0.311 e. The van der Waals surface area contributed by atoms with E-state index in [4.69, 9.17) is 0 Å². The minimum atomic E-state index is -2.81. The predicted octanol–water partition coefficient (Wildman–Crippen LogP) is 2.15. The number of aromatic nitrogens is 2. The monoisotopic (exact) mass is 399 g/mol. The molecule has 0 saturated carbocycles. The summed E-state index contributed by atoms with van der Waals surface area (Å²) in [4.78, 5) is 24.8. The van der Waals surface area contributed by atoms with E-state index in [1.165, 1.54) is 4.90 Å². The highest BCUT2D eigenvalue weighted by Crippen LogP contribution is 2.39. The molecule has 2 saturated heterocycles. The minimum absolute atomic E-state index is 0. The third kappa shape index (κ3) is 3.37. The Morgan fingerprint density at radius 2 is 2.07 bits per heavy atom. The lowest BCUT2D eigenvalue weighted by molar-refractivity contribution is -0.120. The van der Waals surface area contributed by atoms with Crippen molar-refractivity contribution in [2.45, 2.75) is 24.7 Å². The molecule has 2 fully saturated rings. The second-order valence-electron chi connectivity index (χ2n) is 6.76. The fraction of sp³-hybridized carbons (Fsp3) is 0.471. The number of anilines is 1. The van der Waals surface area contributed by atoms with E-state index in [1.807, 2.05) is 0 Å². The molecular formula is C17H20ClF2N5O2. The number of carbonyl (C=O) groups is 2. The molecule has 4 rings (SSSR count). The van der Waals surface area contributed by atoms with Gasteiger partial charge in [-0.1, -0.05) is 6.07 Å². The molecule has 3 heterocycles. The van der Waals surface area contributed by atoms with Crippen LogP contribution in [-0.4, -0.2) is 47.3 Å². The molecule has 1 atom stereocenters. The maximum atomic E-state index is 14.3. The van der Waals surface area contributed by atoms with Crippen LogP contribution in [-0.2, 0) is 11.8 Å². The van der Waals surface area contributed by atoms with Crippen LogP contribution in [0.4, 0.5) is 19.4 Å². The van der Waals surface area contributed by atoms with Crippen LogP contribution >= 0.6 is 12.4 Å². The smallest absolute Gasteiger partial charge is 0.311 e. The van der Waals surface area contributed by atoms with E-state index in [-0.39, 0.29) is 37.8 Å². The average Bonchev–Trinajstić information content (AvgIpc) is 2.91. The van der Waals surface area contributed by atoms with Crippen molar-refractivity contribution in [3.05, 3.63) is 23.8 Å². The average molecular weight is 400 g/mol. The van der Waals surface area contributed by atoms with Gasteiger partial charge in [0.25, 0.3) is 5.92 Å². The molecule has 2 aliphatic heterocycles. The van der Waals surface area contributed by atoms with Crippen LogP contribution in [0.15, 0.2) is 18.2 Å². The first-order valence-corrected chi connectivity index (χ1v) is 8.53. The summed E-state index contributed by atoms with van der Waals surface area (Å²) < 4.78 is 30.1. The van der Waals surface area contributed by atoms with Crippen LogP contribution < -0.4 is 15.5 Å². The number of piperidine rings is 1. The van der Waals surface area contributed by atoms with Gasteiger partial charge in [-0.2, -0.15) is 5.10 Å². The van der Waals surface area contributed by atoms with Gasteiger partial charge in [0.15, 0.2) is 5.82 Å². The van der Waals surface area contributed by atoms with E-state index < -0.39 is 17.9 Å². The molecule has 0 radical (unpaired) electrons. The maximum absolute atomic E-state index is 14.3. The number of alkyl halides is 2. The molecule has 146 valence electrons. The zero-order chi connectivity index (χ0) is 18.5. The molecule has 10 heteroatoms. The summed E-state index contributed by atoms with van der Waals surface area (Å²) >= 11 is 0. The molecule has 2 aromatic rings. The Kier molecular flexibility index (Phi) is 5.09. The third-order valence-corrected chi connectivity index (χ3v) is 5.05. The van der Waals surface area contributed by atoms with Crippen molar-refractivity contribution in [1.82, 2.24) is 20.4 Å². The quantitative estimate of drug-likeness (QED) is 0.811. The standard InChI is InChI=1S/C17H19F2N5O2.ClH/c1-23-13-8-10(12-4-6-20-9-17(12,18)19)2-3-11(13)15(22-23)24-7-5-14(25)21-16(24)26;/h2-3,8,12,20H,4-7,9H2,1H3,(H,21,25,26);1H/t12-;/m1./s1. The number of nitrogens with zero attached hydrogens (tertiary/aromatic N) is 3.